The number of ether oxygens (including phenoxy) is 3. The van der Waals surface area contributed by atoms with Gasteiger partial charge in [0.25, 0.3) is 0 Å². The Morgan fingerprint density at radius 1 is 0.276 bits per heavy atom. The molecule has 0 spiro atoms. The number of hydrogen-bond donors (Lipinski definition) is 0. The van der Waals surface area contributed by atoms with Gasteiger partial charge in [0.2, 0.25) is 0 Å². The number of carbonyl (C=O) groups is 3. The first-order valence-electron chi connectivity index (χ1n) is 31.2. The Kier molecular flexibility index (Phi) is 59.4. The lowest BCUT2D eigenvalue weighted by Gasteiger charge is -2.18. The third kappa shape index (κ3) is 60.4. The van der Waals surface area contributed by atoms with Crippen LogP contribution >= 0.6 is 0 Å². The lowest BCUT2D eigenvalue weighted by molar-refractivity contribution is -0.167. The van der Waals surface area contributed by atoms with Crippen LogP contribution in [0.4, 0.5) is 0 Å². The van der Waals surface area contributed by atoms with Crippen molar-refractivity contribution < 1.29 is 28.6 Å². The molecule has 0 amide bonds. The van der Waals surface area contributed by atoms with Gasteiger partial charge >= 0.3 is 17.9 Å². The minimum atomic E-state index is -0.816. The summed E-state index contributed by atoms with van der Waals surface area (Å²) in [6.45, 7) is 6.36. The largest absolute Gasteiger partial charge is 0.462 e. The van der Waals surface area contributed by atoms with Gasteiger partial charge in [0.1, 0.15) is 13.2 Å². The van der Waals surface area contributed by atoms with Gasteiger partial charge in [0.05, 0.1) is 0 Å². The van der Waals surface area contributed by atoms with Gasteiger partial charge in [-0.25, -0.2) is 0 Å². The van der Waals surface area contributed by atoms with Gasteiger partial charge in [-0.15, -0.1) is 0 Å². The number of rotatable bonds is 55. The Labute approximate surface area is 468 Å². The molecule has 6 nitrogen and oxygen atoms in total. The quantitative estimate of drug-likeness (QED) is 0.0261. The summed E-state index contributed by atoms with van der Waals surface area (Å²) in [6.07, 6.45) is 88.8. The normalized spacial score (nSPS) is 13.0. The number of carbonyl (C=O) groups excluding carboxylic acids is 3. The van der Waals surface area contributed by atoms with Crippen molar-refractivity contribution in [1.29, 1.82) is 0 Å². The molecule has 0 N–H and O–H groups in total. The van der Waals surface area contributed by atoms with Gasteiger partial charge in [-0.05, 0) is 109 Å². The first-order chi connectivity index (χ1) is 37.5. The van der Waals surface area contributed by atoms with E-state index in [9.17, 15) is 14.4 Å². The van der Waals surface area contributed by atoms with Crippen LogP contribution in [0.1, 0.15) is 271 Å². The smallest absolute Gasteiger partial charge is 0.306 e. The SMILES string of the molecule is CC/C=C\C/C=C\C/C=C\C/C=C\C/C=C\C/C=C\CCCCCCC(=O)OCC(COC(=O)CCC/C=C\C/C=C\C/C=C\C/C=C\C/C=C\CC)OC(=O)CCCCCCCCCCCCCCCCCCCC. The van der Waals surface area contributed by atoms with Crippen molar-refractivity contribution in [2.75, 3.05) is 13.2 Å². The van der Waals surface area contributed by atoms with E-state index >= 15 is 0 Å². The second-order valence-corrected chi connectivity index (χ2v) is 20.2. The molecule has 6 heteroatoms. The van der Waals surface area contributed by atoms with E-state index in [2.05, 4.69) is 154 Å². The molecular formula is C70H114O6. The predicted molar refractivity (Wildman–Crippen MR) is 329 cm³/mol. The monoisotopic (exact) mass is 1050 g/mol. The van der Waals surface area contributed by atoms with Crippen LogP contribution in [-0.2, 0) is 28.6 Å². The Balaban J connectivity index is 4.51. The lowest BCUT2D eigenvalue weighted by Crippen LogP contribution is -2.30. The van der Waals surface area contributed by atoms with E-state index < -0.39 is 6.10 Å². The van der Waals surface area contributed by atoms with Gasteiger partial charge in [0, 0.05) is 19.3 Å². The molecule has 0 radical (unpaired) electrons. The first kappa shape index (κ1) is 71.5. The van der Waals surface area contributed by atoms with Gasteiger partial charge in [-0.3, -0.25) is 14.4 Å². The average Bonchev–Trinajstić information content (AvgIpc) is 3.42. The molecule has 76 heavy (non-hydrogen) atoms. The van der Waals surface area contributed by atoms with Crippen LogP contribution in [-0.4, -0.2) is 37.2 Å². The number of esters is 3. The molecule has 0 heterocycles. The summed E-state index contributed by atoms with van der Waals surface area (Å²) in [5.74, 6) is -0.990. The average molecular weight is 1050 g/mol. The van der Waals surface area contributed by atoms with Gasteiger partial charge < -0.3 is 14.2 Å². The maximum Gasteiger partial charge on any atom is 0.306 e. The molecule has 0 bridgehead atoms. The second-order valence-electron chi connectivity index (χ2n) is 20.2. The van der Waals surface area contributed by atoms with E-state index in [-0.39, 0.29) is 37.5 Å². The molecule has 0 aromatic carbocycles. The molecule has 0 aliphatic carbocycles. The molecular weight excluding hydrogens is 937 g/mol. The van der Waals surface area contributed by atoms with Crippen LogP contribution in [0.15, 0.2) is 134 Å². The fourth-order valence-corrected chi connectivity index (χ4v) is 8.31. The molecule has 0 fully saturated rings. The van der Waals surface area contributed by atoms with E-state index in [0.29, 0.717) is 19.3 Å². The van der Waals surface area contributed by atoms with Crippen LogP contribution in [0.25, 0.3) is 0 Å². The lowest BCUT2D eigenvalue weighted by atomic mass is 10.0. The zero-order valence-electron chi connectivity index (χ0n) is 49.2. The topological polar surface area (TPSA) is 78.9 Å². The third-order valence-electron chi connectivity index (χ3n) is 12.9. The molecule has 0 saturated carbocycles. The maximum absolute atomic E-state index is 12.9. The summed E-state index contributed by atoms with van der Waals surface area (Å²) < 4.78 is 16.9. The summed E-state index contributed by atoms with van der Waals surface area (Å²) in [4.78, 5) is 38.3. The van der Waals surface area contributed by atoms with E-state index in [0.717, 1.165) is 128 Å². The third-order valence-corrected chi connectivity index (χ3v) is 12.9. The fourth-order valence-electron chi connectivity index (χ4n) is 8.31. The molecule has 0 aromatic rings. The van der Waals surface area contributed by atoms with E-state index in [1.807, 2.05) is 0 Å². The van der Waals surface area contributed by atoms with Crippen molar-refractivity contribution in [3.05, 3.63) is 134 Å². The van der Waals surface area contributed by atoms with E-state index in [1.54, 1.807) is 0 Å². The predicted octanol–water partition coefficient (Wildman–Crippen LogP) is 21.4. The minimum absolute atomic E-state index is 0.111. The molecule has 0 aromatic heterocycles. The molecule has 0 saturated heterocycles. The zero-order chi connectivity index (χ0) is 55.0. The summed E-state index contributed by atoms with van der Waals surface area (Å²) in [6, 6.07) is 0. The summed E-state index contributed by atoms with van der Waals surface area (Å²) >= 11 is 0. The number of hydrogen-bond acceptors (Lipinski definition) is 6. The van der Waals surface area contributed by atoms with Crippen LogP contribution in [0.2, 0.25) is 0 Å². The highest BCUT2D eigenvalue weighted by atomic mass is 16.6. The van der Waals surface area contributed by atoms with Crippen LogP contribution in [0.3, 0.4) is 0 Å². The van der Waals surface area contributed by atoms with Crippen LogP contribution in [0.5, 0.6) is 0 Å². The summed E-state index contributed by atoms with van der Waals surface area (Å²) in [7, 11) is 0. The van der Waals surface area contributed by atoms with Crippen molar-refractivity contribution in [2.24, 2.45) is 0 Å². The number of unbranched alkanes of at least 4 members (excludes halogenated alkanes) is 22. The maximum atomic E-state index is 12.9. The summed E-state index contributed by atoms with van der Waals surface area (Å²) in [5.41, 5.74) is 0. The highest BCUT2D eigenvalue weighted by Gasteiger charge is 2.19. The Bertz CT molecular complexity index is 1630. The molecule has 0 aliphatic rings. The standard InChI is InChI=1S/C70H114O6/c1-4-7-10-13-16-19-22-25-28-31-33-34-35-36-37-40-42-45-48-51-54-57-60-63-69(72)75-66-67(65-74-68(71)62-59-56-53-50-47-44-41-38-30-27-24-21-18-15-12-9-6-3)76-70(73)64-61-58-55-52-49-46-43-39-32-29-26-23-20-17-14-11-8-5-2/h7,9-10,12,16,18-19,21,25,27-28,30,33-34,36-37,41-42,44-45,50,53,67H,4-6,8,11,13-15,17,20,22-24,26,29,31-32,35,38-40,43,46-49,51-52,54-66H2,1-3H3/b10-7-,12-9-,19-16-,21-18-,28-25-,30-27-,34-33-,37-36-,44-41-,45-42-,53-50-. The molecule has 0 rings (SSSR count). The molecule has 430 valence electrons. The summed E-state index contributed by atoms with van der Waals surface area (Å²) in [5, 5.41) is 0. The Morgan fingerprint density at radius 2 is 0.526 bits per heavy atom. The van der Waals surface area contributed by atoms with Gasteiger partial charge in [0.15, 0.2) is 6.10 Å². The molecule has 0 aliphatic heterocycles. The second kappa shape index (κ2) is 63.1. The highest BCUT2D eigenvalue weighted by molar-refractivity contribution is 5.71. The van der Waals surface area contributed by atoms with E-state index in [1.165, 1.54) is 96.3 Å². The van der Waals surface area contributed by atoms with Crippen molar-refractivity contribution >= 4 is 17.9 Å². The van der Waals surface area contributed by atoms with Crippen molar-refractivity contribution in [2.45, 2.75) is 277 Å². The molecule has 1 atom stereocenters. The Hall–Kier alpha value is -4.45. The van der Waals surface area contributed by atoms with Crippen molar-refractivity contribution in [1.82, 2.24) is 0 Å². The minimum Gasteiger partial charge on any atom is -0.462 e. The van der Waals surface area contributed by atoms with Crippen LogP contribution < -0.4 is 0 Å². The van der Waals surface area contributed by atoms with Crippen molar-refractivity contribution in [3.63, 3.8) is 0 Å². The fraction of sp³-hybridized carbons (Fsp3) is 0.643. The zero-order valence-corrected chi connectivity index (χ0v) is 49.2. The van der Waals surface area contributed by atoms with E-state index in [4.69, 9.17) is 14.2 Å². The molecule has 1 unspecified atom stereocenters. The number of allylic oxidation sites excluding steroid dienone is 22. The first-order valence-corrected chi connectivity index (χ1v) is 31.2. The van der Waals surface area contributed by atoms with Gasteiger partial charge in [-0.1, -0.05) is 276 Å². The highest BCUT2D eigenvalue weighted by Crippen LogP contribution is 2.16. The van der Waals surface area contributed by atoms with Crippen molar-refractivity contribution in [3.8, 4) is 0 Å². The van der Waals surface area contributed by atoms with Gasteiger partial charge in [-0.2, -0.15) is 0 Å². The Morgan fingerprint density at radius 3 is 0.855 bits per heavy atom. The van der Waals surface area contributed by atoms with Crippen LogP contribution in [0, 0.1) is 0 Å².